The predicted octanol–water partition coefficient (Wildman–Crippen LogP) is 1.99. The standard InChI is InChI=1S/C33H35N5O5/c1-32(35-29(39)21-15-23-22-10-6-11-24-28(22)20(17-34-24)16-25(23)36(2)18-21)31(41)38-26(14-19-8-4-3-5-9-19)30(40)37-13-7-12-27(37)33(38,42)43-32/h3-6,8-11,15,17,21,25-27,34,42H,7,12-14,16,18H2,1-2H3,(H,35,39)/t21-,25-,26+,27-,32-,33+/m1/s1. The van der Waals surface area contributed by atoms with Crippen molar-refractivity contribution in [3.63, 3.8) is 0 Å². The van der Waals surface area contributed by atoms with Crippen LogP contribution in [0.5, 0.6) is 0 Å². The van der Waals surface area contributed by atoms with E-state index in [9.17, 15) is 19.5 Å². The van der Waals surface area contributed by atoms with Gasteiger partial charge in [0, 0.05) is 42.7 Å². The lowest BCUT2D eigenvalue weighted by atomic mass is 9.79. The summed E-state index contributed by atoms with van der Waals surface area (Å²) in [5.74, 6) is -3.77. The summed E-state index contributed by atoms with van der Waals surface area (Å²) in [5, 5.41) is 16.1. The van der Waals surface area contributed by atoms with Gasteiger partial charge in [-0.3, -0.25) is 28.9 Å². The number of amides is 3. The van der Waals surface area contributed by atoms with Gasteiger partial charge in [0.1, 0.15) is 12.1 Å². The molecule has 0 bridgehead atoms. The van der Waals surface area contributed by atoms with Crippen molar-refractivity contribution in [2.75, 3.05) is 20.1 Å². The molecule has 3 saturated heterocycles. The number of fused-ring (bicyclic) bond motifs is 5. The minimum Gasteiger partial charge on any atom is -0.361 e. The van der Waals surface area contributed by atoms with Crippen molar-refractivity contribution in [1.82, 2.24) is 25.0 Å². The maximum atomic E-state index is 14.2. The third-order valence-electron chi connectivity index (χ3n) is 10.1. The lowest BCUT2D eigenvalue weighted by Crippen LogP contribution is -2.71. The Morgan fingerprint density at radius 2 is 1.98 bits per heavy atom. The maximum Gasteiger partial charge on any atom is 0.280 e. The topological polar surface area (TPSA) is 118 Å². The number of hydrogen-bond acceptors (Lipinski definition) is 6. The lowest BCUT2D eigenvalue weighted by molar-refractivity contribution is -0.315. The zero-order chi connectivity index (χ0) is 29.7. The van der Waals surface area contributed by atoms with E-state index in [4.69, 9.17) is 4.74 Å². The van der Waals surface area contributed by atoms with Gasteiger partial charge in [0.25, 0.3) is 11.8 Å². The van der Waals surface area contributed by atoms with Gasteiger partial charge < -0.3 is 20.3 Å². The van der Waals surface area contributed by atoms with Gasteiger partial charge in [-0.15, -0.1) is 0 Å². The lowest BCUT2D eigenvalue weighted by Gasteiger charge is -2.48. The van der Waals surface area contributed by atoms with Crippen molar-refractivity contribution in [3.05, 3.63) is 77.5 Å². The number of carbonyl (C=O) groups is 3. The molecule has 222 valence electrons. The molecule has 1 aliphatic carbocycles. The van der Waals surface area contributed by atoms with Crippen LogP contribution in [-0.4, -0.2) is 92.4 Å². The molecule has 2 aromatic carbocycles. The second-order valence-electron chi connectivity index (χ2n) is 12.8. The Kier molecular flexibility index (Phi) is 5.73. The Bertz CT molecular complexity index is 1700. The predicted molar refractivity (Wildman–Crippen MR) is 158 cm³/mol. The summed E-state index contributed by atoms with van der Waals surface area (Å²) in [4.78, 5) is 50.2. The Hall–Kier alpha value is -3.99. The van der Waals surface area contributed by atoms with Gasteiger partial charge >= 0.3 is 0 Å². The van der Waals surface area contributed by atoms with Gasteiger partial charge in [0.2, 0.25) is 17.5 Å². The number of nitrogens with zero attached hydrogens (tertiary/aromatic N) is 3. The van der Waals surface area contributed by atoms with Gasteiger partial charge in [-0.05, 0) is 61.6 Å². The van der Waals surface area contributed by atoms with Crippen LogP contribution in [0.15, 0.2) is 60.8 Å². The number of aromatic amines is 1. The molecule has 1 aromatic heterocycles. The first-order chi connectivity index (χ1) is 20.7. The fourth-order valence-electron chi connectivity index (χ4n) is 8.12. The number of likely N-dealkylation sites (N-methyl/N-ethyl adjacent to an activating group) is 1. The Labute approximate surface area is 249 Å². The number of aromatic nitrogens is 1. The van der Waals surface area contributed by atoms with Gasteiger partial charge in [-0.25, -0.2) is 0 Å². The number of hydrogen-bond donors (Lipinski definition) is 3. The number of piperazine rings is 1. The van der Waals surface area contributed by atoms with Gasteiger partial charge in [0.15, 0.2) is 0 Å². The molecule has 3 fully saturated rings. The zero-order valence-electron chi connectivity index (χ0n) is 24.2. The van der Waals surface area contributed by atoms with E-state index in [1.54, 1.807) is 4.90 Å². The van der Waals surface area contributed by atoms with Crippen LogP contribution >= 0.6 is 0 Å². The van der Waals surface area contributed by atoms with Gasteiger partial charge in [-0.2, -0.15) is 0 Å². The first-order valence-electron chi connectivity index (χ1n) is 15.1. The Morgan fingerprint density at radius 1 is 1.16 bits per heavy atom. The third kappa shape index (κ3) is 3.79. The van der Waals surface area contributed by atoms with Crippen LogP contribution in [-0.2, 0) is 32.0 Å². The summed E-state index contributed by atoms with van der Waals surface area (Å²) in [7, 11) is 2.02. The van der Waals surface area contributed by atoms with E-state index >= 15 is 0 Å². The quantitative estimate of drug-likeness (QED) is 0.434. The second-order valence-corrected chi connectivity index (χ2v) is 12.8. The van der Waals surface area contributed by atoms with Crippen molar-refractivity contribution in [3.8, 4) is 0 Å². The summed E-state index contributed by atoms with van der Waals surface area (Å²) in [6.07, 6.45) is 6.38. The number of benzene rings is 2. The van der Waals surface area contributed by atoms with Crippen molar-refractivity contribution in [1.29, 1.82) is 0 Å². The number of rotatable bonds is 4. The van der Waals surface area contributed by atoms with E-state index in [1.807, 2.05) is 49.5 Å². The van der Waals surface area contributed by atoms with Gasteiger partial charge in [-0.1, -0.05) is 48.5 Å². The van der Waals surface area contributed by atoms with Crippen LogP contribution < -0.4 is 5.32 Å². The normalized spacial score (nSPS) is 33.3. The van der Waals surface area contributed by atoms with E-state index in [0.29, 0.717) is 25.9 Å². The minimum absolute atomic E-state index is 0.144. The number of H-pyrrole nitrogens is 1. The largest absolute Gasteiger partial charge is 0.361 e. The van der Waals surface area contributed by atoms with E-state index in [-0.39, 0.29) is 24.3 Å². The molecule has 0 unspecified atom stereocenters. The summed E-state index contributed by atoms with van der Waals surface area (Å²) in [6.45, 7) is 2.45. The molecule has 0 radical (unpaired) electrons. The number of carbonyl (C=O) groups excluding carboxylic acids is 3. The van der Waals surface area contributed by atoms with E-state index < -0.39 is 35.5 Å². The van der Waals surface area contributed by atoms with Gasteiger partial charge in [0.05, 0.1) is 5.92 Å². The average molecular weight is 582 g/mol. The second kappa shape index (κ2) is 9.25. The molecular formula is C33H35N5O5. The SMILES string of the molecule is CN1C[C@H](C(=O)N[C@]2(C)O[C@@]3(O)[C@H]4CCCN4C(=O)[C@H](Cc4ccccc4)N3C2=O)C=C2c3cccc4[nH]cc(c34)C[C@H]21. The number of nitrogens with one attached hydrogen (secondary N) is 2. The van der Waals surface area contributed by atoms with E-state index in [1.165, 1.54) is 22.8 Å². The fourth-order valence-corrected chi connectivity index (χ4v) is 8.12. The van der Waals surface area contributed by atoms with Crippen LogP contribution in [0.1, 0.15) is 36.5 Å². The smallest absolute Gasteiger partial charge is 0.280 e. The molecule has 5 aliphatic rings. The van der Waals surface area contributed by atoms with Crippen LogP contribution in [0.3, 0.4) is 0 Å². The number of aliphatic hydroxyl groups is 1. The van der Waals surface area contributed by atoms with Crippen LogP contribution in [0.25, 0.3) is 16.5 Å². The Morgan fingerprint density at radius 3 is 2.79 bits per heavy atom. The molecule has 8 rings (SSSR count). The first-order valence-corrected chi connectivity index (χ1v) is 15.1. The minimum atomic E-state index is -2.04. The monoisotopic (exact) mass is 581 g/mol. The third-order valence-corrected chi connectivity index (χ3v) is 10.1. The molecule has 10 nitrogen and oxygen atoms in total. The molecule has 4 aliphatic heterocycles. The molecule has 3 aromatic rings. The summed E-state index contributed by atoms with van der Waals surface area (Å²) >= 11 is 0. The highest BCUT2D eigenvalue weighted by Crippen LogP contribution is 2.46. The molecule has 6 atom stereocenters. The molecular weight excluding hydrogens is 546 g/mol. The van der Waals surface area contributed by atoms with E-state index in [0.717, 1.165) is 28.6 Å². The highest BCUT2D eigenvalue weighted by atomic mass is 16.7. The van der Waals surface area contributed by atoms with Crippen molar-refractivity contribution in [2.45, 2.75) is 62.4 Å². The fraction of sp³-hybridized carbons (Fsp3) is 0.424. The average Bonchev–Trinajstić information content (AvgIpc) is 3.70. The molecule has 0 saturated carbocycles. The van der Waals surface area contributed by atoms with Crippen LogP contribution in [0.2, 0.25) is 0 Å². The zero-order valence-corrected chi connectivity index (χ0v) is 24.2. The highest BCUT2D eigenvalue weighted by Gasteiger charge is 2.70. The summed E-state index contributed by atoms with van der Waals surface area (Å²) in [6, 6.07) is 14.1. The van der Waals surface area contributed by atoms with Crippen LogP contribution in [0, 0.1) is 5.92 Å². The van der Waals surface area contributed by atoms with Crippen LogP contribution in [0.4, 0.5) is 0 Å². The summed E-state index contributed by atoms with van der Waals surface area (Å²) < 4.78 is 6.23. The Balaban J connectivity index is 1.11. The highest BCUT2D eigenvalue weighted by molar-refractivity contribution is 6.00. The molecule has 3 amide bonds. The molecule has 3 N–H and O–H groups in total. The van der Waals surface area contributed by atoms with Crippen molar-refractivity contribution < 1.29 is 24.2 Å². The maximum absolute atomic E-state index is 14.2. The molecule has 0 spiro atoms. The molecule has 43 heavy (non-hydrogen) atoms. The number of ether oxygens (including phenoxy) is 1. The van der Waals surface area contributed by atoms with Crippen molar-refractivity contribution >= 4 is 34.2 Å². The van der Waals surface area contributed by atoms with E-state index in [2.05, 4.69) is 33.5 Å². The first kappa shape index (κ1) is 26.6. The molecule has 5 heterocycles. The van der Waals surface area contributed by atoms with Crippen molar-refractivity contribution in [2.24, 2.45) is 5.92 Å². The molecule has 10 heteroatoms. The summed E-state index contributed by atoms with van der Waals surface area (Å²) in [5.41, 5.74) is 3.58.